The minimum atomic E-state index is 0.553. The zero-order valence-corrected chi connectivity index (χ0v) is 12.1. The van der Waals surface area contributed by atoms with Crippen molar-refractivity contribution in [2.24, 2.45) is 0 Å². The number of hydrogen-bond acceptors (Lipinski definition) is 3. The monoisotopic (exact) mass is 251 g/mol. The summed E-state index contributed by atoms with van der Waals surface area (Å²) < 4.78 is 0. The lowest BCUT2D eigenvalue weighted by atomic mass is 10.2. The minimum absolute atomic E-state index is 0.553. The van der Waals surface area contributed by atoms with Crippen LogP contribution in [0.15, 0.2) is 12.2 Å². The van der Waals surface area contributed by atoms with E-state index in [-0.39, 0.29) is 0 Å². The second kappa shape index (κ2) is 6.69. The number of nitrogens with zero attached hydrogens (tertiary/aromatic N) is 2. The Kier molecular flexibility index (Phi) is 5.22. The first-order valence-electron chi connectivity index (χ1n) is 7.51. The number of likely N-dealkylation sites (tertiary alicyclic amines) is 2. The van der Waals surface area contributed by atoms with Crippen molar-refractivity contribution in [1.82, 2.24) is 15.1 Å². The average molecular weight is 251 g/mol. The van der Waals surface area contributed by atoms with Gasteiger partial charge in [-0.3, -0.25) is 9.80 Å². The molecule has 0 aromatic carbocycles. The lowest BCUT2D eigenvalue weighted by Crippen LogP contribution is -2.36. The second-order valence-corrected chi connectivity index (χ2v) is 6.21. The minimum Gasteiger partial charge on any atom is -0.311 e. The molecule has 0 amide bonds. The third-order valence-electron chi connectivity index (χ3n) is 4.11. The van der Waals surface area contributed by atoms with Crippen LogP contribution in [0, 0.1) is 0 Å². The van der Waals surface area contributed by atoms with E-state index in [1.807, 2.05) is 0 Å². The van der Waals surface area contributed by atoms with E-state index in [0.717, 1.165) is 19.1 Å². The van der Waals surface area contributed by atoms with Crippen LogP contribution in [0.4, 0.5) is 0 Å². The summed E-state index contributed by atoms with van der Waals surface area (Å²) in [6, 6.07) is 1.37. The van der Waals surface area contributed by atoms with Crippen molar-refractivity contribution in [2.75, 3.05) is 39.3 Å². The number of hydrogen-bond donors (Lipinski definition) is 1. The van der Waals surface area contributed by atoms with Crippen LogP contribution in [-0.4, -0.2) is 61.2 Å². The van der Waals surface area contributed by atoms with Gasteiger partial charge in [-0.2, -0.15) is 0 Å². The highest BCUT2D eigenvalue weighted by atomic mass is 15.3. The molecule has 2 saturated heterocycles. The Morgan fingerprint density at radius 1 is 1.28 bits per heavy atom. The summed E-state index contributed by atoms with van der Waals surface area (Å²) in [6.07, 6.45) is 4.16. The first-order chi connectivity index (χ1) is 8.65. The fourth-order valence-corrected chi connectivity index (χ4v) is 3.08. The van der Waals surface area contributed by atoms with Gasteiger partial charge in [0.05, 0.1) is 0 Å². The summed E-state index contributed by atoms with van der Waals surface area (Å²) in [5.41, 5.74) is 1.32. The third-order valence-corrected chi connectivity index (χ3v) is 4.11. The molecule has 2 fully saturated rings. The Morgan fingerprint density at radius 2 is 2.00 bits per heavy atom. The topological polar surface area (TPSA) is 18.5 Å². The van der Waals surface area contributed by atoms with Gasteiger partial charge in [0.25, 0.3) is 0 Å². The first-order valence-corrected chi connectivity index (χ1v) is 7.51. The van der Waals surface area contributed by atoms with Gasteiger partial charge in [0.2, 0.25) is 0 Å². The highest BCUT2D eigenvalue weighted by Gasteiger charge is 2.28. The van der Waals surface area contributed by atoms with Crippen molar-refractivity contribution in [3.8, 4) is 0 Å². The Labute approximate surface area is 112 Å². The number of nitrogens with one attached hydrogen (secondary N) is 1. The fourth-order valence-electron chi connectivity index (χ4n) is 3.08. The molecule has 0 radical (unpaired) electrons. The first kappa shape index (κ1) is 14.0. The SMILES string of the molecule is C=C(CNC(C)C)CN1CCC(N2CCCC2)C1. The van der Waals surface area contributed by atoms with Gasteiger partial charge in [0.15, 0.2) is 0 Å². The Morgan fingerprint density at radius 3 is 2.67 bits per heavy atom. The molecule has 0 saturated carbocycles. The van der Waals surface area contributed by atoms with E-state index >= 15 is 0 Å². The molecule has 0 aromatic heterocycles. The lowest BCUT2D eigenvalue weighted by molar-refractivity contribution is 0.236. The maximum absolute atomic E-state index is 4.19. The molecule has 2 rings (SSSR count). The third kappa shape index (κ3) is 4.08. The van der Waals surface area contributed by atoms with E-state index in [1.165, 1.54) is 51.0 Å². The molecule has 0 bridgehead atoms. The van der Waals surface area contributed by atoms with Crippen LogP contribution in [-0.2, 0) is 0 Å². The van der Waals surface area contributed by atoms with Crippen molar-refractivity contribution < 1.29 is 0 Å². The van der Waals surface area contributed by atoms with Crippen molar-refractivity contribution in [2.45, 2.75) is 45.2 Å². The van der Waals surface area contributed by atoms with Crippen LogP contribution in [0.2, 0.25) is 0 Å². The largest absolute Gasteiger partial charge is 0.311 e. The molecule has 18 heavy (non-hydrogen) atoms. The van der Waals surface area contributed by atoms with Gasteiger partial charge in [-0.25, -0.2) is 0 Å². The van der Waals surface area contributed by atoms with Crippen molar-refractivity contribution >= 4 is 0 Å². The number of rotatable bonds is 6. The normalized spacial score (nSPS) is 26.3. The predicted octanol–water partition coefficient (Wildman–Crippen LogP) is 1.71. The smallest absolute Gasteiger partial charge is 0.0235 e. The lowest BCUT2D eigenvalue weighted by Gasteiger charge is -2.24. The van der Waals surface area contributed by atoms with E-state index in [2.05, 4.69) is 35.5 Å². The fraction of sp³-hybridized carbons (Fsp3) is 0.867. The van der Waals surface area contributed by atoms with Gasteiger partial charge in [-0.1, -0.05) is 20.4 Å². The maximum atomic E-state index is 4.19. The summed E-state index contributed by atoms with van der Waals surface area (Å²) in [5.74, 6) is 0. The highest BCUT2D eigenvalue weighted by Crippen LogP contribution is 2.20. The summed E-state index contributed by atoms with van der Waals surface area (Å²) in [7, 11) is 0. The zero-order chi connectivity index (χ0) is 13.0. The molecule has 1 atom stereocenters. The Hall–Kier alpha value is -0.380. The molecular weight excluding hydrogens is 222 g/mol. The molecule has 1 unspecified atom stereocenters. The molecule has 1 N–H and O–H groups in total. The van der Waals surface area contributed by atoms with E-state index in [4.69, 9.17) is 0 Å². The van der Waals surface area contributed by atoms with E-state index in [9.17, 15) is 0 Å². The van der Waals surface area contributed by atoms with Gasteiger partial charge in [0, 0.05) is 38.3 Å². The van der Waals surface area contributed by atoms with E-state index in [0.29, 0.717) is 6.04 Å². The molecule has 104 valence electrons. The Bertz CT molecular complexity index is 269. The average Bonchev–Trinajstić information content (AvgIpc) is 2.95. The van der Waals surface area contributed by atoms with Crippen LogP contribution in [0.3, 0.4) is 0 Å². The van der Waals surface area contributed by atoms with Gasteiger partial charge >= 0.3 is 0 Å². The van der Waals surface area contributed by atoms with Crippen molar-refractivity contribution in [3.05, 3.63) is 12.2 Å². The quantitative estimate of drug-likeness (QED) is 0.725. The van der Waals surface area contributed by atoms with Gasteiger partial charge in [0.1, 0.15) is 0 Å². The summed E-state index contributed by atoms with van der Waals surface area (Å²) >= 11 is 0. The van der Waals surface area contributed by atoms with Crippen LogP contribution in [0.25, 0.3) is 0 Å². The summed E-state index contributed by atoms with van der Waals surface area (Å²) in [5, 5.41) is 3.45. The second-order valence-electron chi connectivity index (χ2n) is 6.21. The zero-order valence-electron chi connectivity index (χ0n) is 12.1. The molecule has 0 aromatic rings. The molecular formula is C15H29N3. The molecule has 2 aliphatic heterocycles. The summed E-state index contributed by atoms with van der Waals surface area (Å²) in [6.45, 7) is 15.8. The van der Waals surface area contributed by atoms with Crippen LogP contribution in [0.1, 0.15) is 33.1 Å². The summed E-state index contributed by atoms with van der Waals surface area (Å²) in [4.78, 5) is 5.27. The van der Waals surface area contributed by atoms with Crippen LogP contribution < -0.4 is 5.32 Å². The van der Waals surface area contributed by atoms with Gasteiger partial charge in [-0.15, -0.1) is 0 Å². The Balaban J connectivity index is 1.67. The molecule has 2 aliphatic rings. The van der Waals surface area contributed by atoms with Crippen LogP contribution in [0.5, 0.6) is 0 Å². The highest BCUT2D eigenvalue weighted by molar-refractivity contribution is 5.02. The molecule has 0 spiro atoms. The van der Waals surface area contributed by atoms with E-state index < -0.39 is 0 Å². The van der Waals surface area contributed by atoms with Crippen molar-refractivity contribution in [1.29, 1.82) is 0 Å². The molecule has 3 heteroatoms. The van der Waals surface area contributed by atoms with E-state index in [1.54, 1.807) is 0 Å². The standard InChI is InChI=1S/C15H29N3/c1-13(2)16-10-14(3)11-17-9-6-15(12-17)18-7-4-5-8-18/h13,15-16H,3-12H2,1-2H3. The van der Waals surface area contributed by atoms with Crippen molar-refractivity contribution in [3.63, 3.8) is 0 Å². The van der Waals surface area contributed by atoms with Crippen LogP contribution >= 0.6 is 0 Å². The maximum Gasteiger partial charge on any atom is 0.0235 e. The molecule has 2 heterocycles. The molecule has 0 aliphatic carbocycles. The molecule has 3 nitrogen and oxygen atoms in total. The predicted molar refractivity (Wildman–Crippen MR) is 77.9 cm³/mol. The van der Waals surface area contributed by atoms with Gasteiger partial charge < -0.3 is 5.32 Å². The van der Waals surface area contributed by atoms with Gasteiger partial charge in [-0.05, 0) is 37.9 Å².